The Morgan fingerprint density at radius 3 is 2.59 bits per heavy atom. The SMILES string of the molecule is COc1cc(N2CCN(C3=Nc4cc(C)sc4C(CC(=O)O)N3c3cc(C(F)(F)F)ccc3OC)C[C@H]2C)ccn1. The van der Waals surface area contributed by atoms with E-state index in [-0.39, 0.29) is 23.9 Å². The zero-order valence-electron chi connectivity index (χ0n) is 23.0. The number of guanidine groups is 1. The Bertz CT molecular complexity index is 1480. The highest BCUT2D eigenvalue weighted by Gasteiger charge is 2.41. The highest BCUT2D eigenvalue weighted by Crippen LogP contribution is 2.48. The lowest BCUT2D eigenvalue weighted by Gasteiger charge is -2.47. The first-order chi connectivity index (χ1) is 19.5. The maximum atomic E-state index is 13.9. The van der Waals surface area contributed by atoms with Gasteiger partial charge >= 0.3 is 12.1 Å². The molecule has 2 atom stereocenters. The zero-order chi connectivity index (χ0) is 29.5. The molecule has 1 N–H and O–H groups in total. The van der Waals surface area contributed by atoms with Crippen molar-refractivity contribution in [3.05, 3.63) is 57.9 Å². The van der Waals surface area contributed by atoms with Gasteiger partial charge in [0.25, 0.3) is 0 Å². The molecule has 0 spiro atoms. The minimum atomic E-state index is -4.60. The van der Waals surface area contributed by atoms with Crippen LogP contribution in [0.1, 0.15) is 34.7 Å². The van der Waals surface area contributed by atoms with Crippen LogP contribution < -0.4 is 19.3 Å². The topological polar surface area (TPSA) is 90.7 Å². The zero-order valence-corrected chi connectivity index (χ0v) is 23.8. The number of pyridine rings is 1. The highest BCUT2D eigenvalue weighted by atomic mass is 32.1. The van der Waals surface area contributed by atoms with Gasteiger partial charge in [-0.2, -0.15) is 13.2 Å². The number of methoxy groups -OCH3 is 2. The second kappa shape index (κ2) is 11.1. The molecule has 2 aliphatic heterocycles. The van der Waals surface area contributed by atoms with E-state index in [2.05, 4.69) is 9.88 Å². The fourth-order valence-corrected chi connectivity index (χ4v) is 6.43. The summed E-state index contributed by atoms with van der Waals surface area (Å²) in [5, 5.41) is 9.91. The van der Waals surface area contributed by atoms with Gasteiger partial charge in [0.05, 0.1) is 48.5 Å². The van der Waals surface area contributed by atoms with Crippen molar-refractivity contribution in [2.45, 2.75) is 38.5 Å². The van der Waals surface area contributed by atoms with Crippen LogP contribution in [0.4, 0.5) is 30.2 Å². The molecule has 2 aromatic heterocycles. The summed E-state index contributed by atoms with van der Waals surface area (Å²) < 4.78 is 52.4. The van der Waals surface area contributed by atoms with E-state index in [1.165, 1.54) is 24.5 Å². The number of hydrogen-bond donors (Lipinski definition) is 1. The molecule has 2 aliphatic rings. The molecular weight excluding hydrogens is 559 g/mol. The number of halogens is 3. The summed E-state index contributed by atoms with van der Waals surface area (Å²) in [5.41, 5.74) is 0.813. The molecule has 218 valence electrons. The third-order valence-electron chi connectivity index (χ3n) is 7.22. The van der Waals surface area contributed by atoms with Crippen LogP contribution in [0.25, 0.3) is 0 Å². The molecule has 9 nitrogen and oxygen atoms in total. The highest BCUT2D eigenvalue weighted by molar-refractivity contribution is 7.12. The minimum absolute atomic E-state index is 0.0210. The molecule has 41 heavy (non-hydrogen) atoms. The van der Waals surface area contributed by atoms with Crippen LogP contribution in [-0.2, 0) is 11.0 Å². The number of carbonyl (C=O) groups is 1. The van der Waals surface area contributed by atoms with E-state index in [0.29, 0.717) is 42.0 Å². The van der Waals surface area contributed by atoms with E-state index in [1.54, 1.807) is 18.2 Å². The fourth-order valence-electron chi connectivity index (χ4n) is 5.38. The van der Waals surface area contributed by atoms with Crippen molar-refractivity contribution in [1.29, 1.82) is 0 Å². The number of aliphatic imine (C=N–C) groups is 1. The molecule has 0 saturated carbocycles. The van der Waals surface area contributed by atoms with Gasteiger partial charge in [-0.3, -0.25) is 9.69 Å². The van der Waals surface area contributed by atoms with Gasteiger partial charge in [-0.15, -0.1) is 11.3 Å². The van der Waals surface area contributed by atoms with E-state index in [4.69, 9.17) is 14.5 Å². The second-order valence-electron chi connectivity index (χ2n) is 9.93. The number of aliphatic carboxylic acids is 1. The number of carboxylic acids is 1. The molecule has 1 aromatic carbocycles. The van der Waals surface area contributed by atoms with Crippen molar-refractivity contribution >= 4 is 40.3 Å². The average Bonchev–Trinajstić information content (AvgIpc) is 3.32. The molecule has 0 bridgehead atoms. The molecule has 4 heterocycles. The minimum Gasteiger partial charge on any atom is -0.495 e. The van der Waals surface area contributed by atoms with E-state index < -0.39 is 23.8 Å². The van der Waals surface area contributed by atoms with Crippen molar-refractivity contribution in [2.75, 3.05) is 43.7 Å². The maximum absolute atomic E-state index is 13.9. The summed E-state index contributed by atoms with van der Waals surface area (Å²) in [7, 11) is 2.93. The predicted octanol–water partition coefficient (Wildman–Crippen LogP) is 5.72. The number of piperazine rings is 1. The van der Waals surface area contributed by atoms with Gasteiger partial charge in [-0.05, 0) is 44.2 Å². The Balaban J connectivity index is 1.60. The van der Waals surface area contributed by atoms with Crippen molar-refractivity contribution in [3.63, 3.8) is 0 Å². The van der Waals surface area contributed by atoms with Gasteiger partial charge in [-0.1, -0.05) is 0 Å². The van der Waals surface area contributed by atoms with Gasteiger partial charge in [0.15, 0.2) is 0 Å². The number of benzene rings is 1. The van der Waals surface area contributed by atoms with Crippen LogP contribution in [0.5, 0.6) is 11.6 Å². The van der Waals surface area contributed by atoms with Crippen LogP contribution in [0.15, 0.2) is 47.6 Å². The van der Waals surface area contributed by atoms with E-state index >= 15 is 0 Å². The van der Waals surface area contributed by atoms with E-state index in [1.807, 2.05) is 36.9 Å². The third-order valence-corrected chi connectivity index (χ3v) is 8.36. The Morgan fingerprint density at radius 1 is 1.15 bits per heavy atom. The van der Waals surface area contributed by atoms with Crippen LogP contribution in [-0.4, -0.2) is 66.8 Å². The summed E-state index contributed by atoms with van der Waals surface area (Å²) in [4.78, 5) is 28.7. The Morgan fingerprint density at radius 2 is 1.93 bits per heavy atom. The molecule has 13 heteroatoms. The van der Waals surface area contributed by atoms with Crippen LogP contribution in [0, 0.1) is 6.92 Å². The monoisotopic (exact) mass is 589 g/mol. The number of thiophene rings is 1. The predicted molar refractivity (Wildman–Crippen MR) is 151 cm³/mol. The fraction of sp³-hybridized carbons (Fsp3) is 0.393. The molecular formula is C28H30F3N5O4S. The lowest BCUT2D eigenvalue weighted by atomic mass is 10.0. The van der Waals surface area contributed by atoms with Gasteiger partial charge in [0, 0.05) is 48.5 Å². The molecule has 0 amide bonds. The smallest absolute Gasteiger partial charge is 0.416 e. The first-order valence-electron chi connectivity index (χ1n) is 13.0. The quantitative estimate of drug-likeness (QED) is 0.391. The number of aromatic nitrogens is 1. The number of nitrogens with zero attached hydrogens (tertiary/aromatic N) is 5. The van der Waals surface area contributed by atoms with Crippen molar-refractivity contribution in [2.24, 2.45) is 4.99 Å². The van der Waals surface area contributed by atoms with Crippen molar-refractivity contribution in [3.8, 4) is 11.6 Å². The third kappa shape index (κ3) is 5.63. The molecule has 1 saturated heterocycles. The molecule has 5 rings (SSSR count). The first kappa shape index (κ1) is 28.5. The van der Waals surface area contributed by atoms with E-state index in [0.717, 1.165) is 22.7 Å². The van der Waals surface area contributed by atoms with Crippen LogP contribution >= 0.6 is 11.3 Å². The normalized spacial score (nSPS) is 19.1. The standard InChI is InChI=1S/C28H30F3N5O4S/c1-16-15-34(9-10-35(16)19-7-8-32-24(13-19)40-4)27-33-20-11-17(2)41-26(20)22(14-25(37)38)36(27)21-12-18(28(29,30)31)5-6-23(21)39-3/h5-8,11-13,16,22H,9-10,14-15H2,1-4H3,(H,37,38)/t16-,22?/m1/s1. The Hall–Kier alpha value is -4.00. The van der Waals surface area contributed by atoms with Crippen molar-refractivity contribution < 1.29 is 32.5 Å². The number of carboxylic acid groups (broad SMARTS) is 1. The number of anilines is 2. The number of ether oxygens (including phenoxy) is 2. The summed E-state index contributed by atoms with van der Waals surface area (Å²) in [6, 6.07) is 8.07. The van der Waals surface area contributed by atoms with Gasteiger partial charge in [-0.25, -0.2) is 9.98 Å². The summed E-state index contributed by atoms with van der Waals surface area (Å²) >= 11 is 1.39. The number of fused-ring (bicyclic) bond motifs is 1. The van der Waals surface area contributed by atoms with Crippen LogP contribution in [0.3, 0.4) is 0 Å². The lowest BCUT2D eigenvalue weighted by molar-refractivity contribution is -0.138. The van der Waals surface area contributed by atoms with Crippen molar-refractivity contribution in [1.82, 2.24) is 9.88 Å². The van der Waals surface area contributed by atoms with Gasteiger partial charge in [0.1, 0.15) is 5.75 Å². The summed E-state index contributed by atoms with van der Waals surface area (Å²) in [6.45, 7) is 5.50. The number of hydrogen-bond acceptors (Lipinski definition) is 9. The number of aryl methyl sites for hydroxylation is 1. The van der Waals surface area contributed by atoms with Gasteiger partial charge < -0.3 is 24.4 Å². The Kier molecular flexibility index (Phi) is 7.73. The molecule has 3 aromatic rings. The van der Waals surface area contributed by atoms with Gasteiger partial charge in [0.2, 0.25) is 11.8 Å². The number of rotatable bonds is 6. The second-order valence-corrected chi connectivity index (χ2v) is 11.2. The summed E-state index contributed by atoms with van der Waals surface area (Å²) in [6.07, 6.45) is -3.26. The van der Waals surface area contributed by atoms with E-state index in [9.17, 15) is 23.1 Å². The summed E-state index contributed by atoms with van der Waals surface area (Å²) in [5.74, 6) is -0.00569. The molecule has 0 radical (unpaired) electrons. The van der Waals surface area contributed by atoms with Crippen LogP contribution in [0.2, 0.25) is 0 Å². The molecule has 1 fully saturated rings. The Labute approximate surface area is 239 Å². The average molecular weight is 590 g/mol. The first-order valence-corrected chi connectivity index (χ1v) is 13.8. The number of alkyl halides is 3. The largest absolute Gasteiger partial charge is 0.495 e. The molecule has 1 unspecified atom stereocenters. The molecule has 0 aliphatic carbocycles. The maximum Gasteiger partial charge on any atom is 0.416 e. The lowest BCUT2D eigenvalue weighted by Crippen LogP contribution is -2.58.